The van der Waals surface area contributed by atoms with E-state index in [-0.39, 0.29) is 1.43 Å². The minimum absolute atomic E-state index is 0. The normalized spacial score (nSPS) is 7.91. The first-order valence-corrected chi connectivity index (χ1v) is 3.57. The first-order valence-electron chi connectivity index (χ1n) is 3.57. The number of pyridine rings is 1. The molecular formula is C8H16N2O. The van der Waals surface area contributed by atoms with Gasteiger partial charge in [0, 0.05) is 7.49 Å². The molecule has 2 N–H and O–H groups in total. The molecule has 0 spiro atoms. The van der Waals surface area contributed by atoms with Gasteiger partial charge < -0.3 is 10.5 Å². The topological polar surface area (TPSA) is 48.1 Å². The molecule has 0 radical (unpaired) electrons. The summed E-state index contributed by atoms with van der Waals surface area (Å²) in [4.78, 5) is 3.81. The molecule has 0 fully saturated rings. The van der Waals surface area contributed by atoms with Crippen LogP contribution in [0.5, 0.6) is 5.75 Å². The van der Waals surface area contributed by atoms with Crippen LogP contribution in [0.4, 0.5) is 5.69 Å². The van der Waals surface area contributed by atoms with E-state index >= 15 is 0 Å². The molecule has 0 bridgehead atoms. The van der Waals surface area contributed by atoms with Crippen molar-refractivity contribution in [2.24, 2.45) is 0 Å². The molecule has 11 heavy (non-hydrogen) atoms. The SMILES string of the molecule is CC.COc1cncc(N)c1.[HH]. The number of ether oxygens (including phenoxy) is 1. The quantitative estimate of drug-likeness (QED) is 0.676. The van der Waals surface area contributed by atoms with Gasteiger partial charge in [-0.3, -0.25) is 4.98 Å². The van der Waals surface area contributed by atoms with Gasteiger partial charge in [-0.05, 0) is 0 Å². The number of nitrogen functional groups attached to an aromatic ring is 1. The fourth-order valence-electron chi connectivity index (χ4n) is 0.547. The summed E-state index contributed by atoms with van der Waals surface area (Å²) >= 11 is 0. The second kappa shape index (κ2) is 5.53. The number of methoxy groups -OCH3 is 1. The van der Waals surface area contributed by atoms with E-state index in [0.29, 0.717) is 11.4 Å². The van der Waals surface area contributed by atoms with Crippen LogP contribution in [0.25, 0.3) is 0 Å². The summed E-state index contributed by atoms with van der Waals surface area (Å²) in [5, 5.41) is 0. The fourth-order valence-corrected chi connectivity index (χ4v) is 0.547. The average Bonchev–Trinajstić information content (AvgIpc) is 2.08. The molecular weight excluding hydrogens is 140 g/mol. The van der Waals surface area contributed by atoms with Crippen molar-refractivity contribution in [1.82, 2.24) is 4.98 Å². The van der Waals surface area contributed by atoms with Gasteiger partial charge in [0.05, 0.1) is 25.2 Å². The van der Waals surface area contributed by atoms with E-state index in [4.69, 9.17) is 10.5 Å². The van der Waals surface area contributed by atoms with Crippen molar-refractivity contribution in [3.05, 3.63) is 18.5 Å². The molecule has 0 aliphatic carbocycles. The smallest absolute Gasteiger partial charge is 0.139 e. The molecule has 0 atom stereocenters. The molecule has 0 saturated heterocycles. The van der Waals surface area contributed by atoms with Crippen molar-refractivity contribution in [3.63, 3.8) is 0 Å². The van der Waals surface area contributed by atoms with Crippen LogP contribution in [0.1, 0.15) is 15.3 Å². The third-order valence-corrected chi connectivity index (χ3v) is 0.970. The van der Waals surface area contributed by atoms with E-state index in [1.54, 1.807) is 25.6 Å². The van der Waals surface area contributed by atoms with E-state index in [0.717, 1.165) is 0 Å². The van der Waals surface area contributed by atoms with Crippen molar-refractivity contribution >= 4 is 5.69 Å². The van der Waals surface area contributed by atoms with Crippen molar-refractivity contribution in [2.45, 2.75) is 13.8 Å². The van der Waals surface area contributed by atoms with Gasteiger partial charge in [0.15, 0.2) is 0 Å². The molecule has 0 aliphatic heterocycles. The van der Waals surface area contributed by atoms with Crippen LogP contribution >= 0.6 is 0 Å². The first-order chi connectivity index (χ1) is 5.33. The Morgan fingerprint density at radius 2 is 2.09 bits per heavy atom. The highest BCUT2D eigenvalue weighted by atomic mass is 16.5. The van der Waals surface area contributed by atoms with E-state index in [9.17, 15) is 0 Å². The second-order valence-corrected chi connectivity index (χ2v) is 1.66. The molecule has 3 heteroatoms. The second-order valence-electron chi connectivity index (χ2n) is 1.66. The van der Waals surface area contributed by atoms with Gasteiger partial charge in [-0.2, -0.15) is 0 Å². The molecule has 64 valence electrons. The maximum atomic E-state index is 5.39. The fraction of sp³-hybridized carbons (Fsp3) is 0.375. The lowest BCUT2D eigenvalue weighted by molar-refractivity contribution is 0.413. The number of anilines is 1. The van der Waals surface area contributed by atoms with Crippen molar-refractivity contribution in [2.75, 3.05) is 12.8 Å². The van der Waals surface area contributed by atoms with E-state index in [1.165, 1.54) is 0 Å². The van der Waals surface area contributed by atoms with Crippen LogP contribution in [-0.4, -0.2) is 12.1 Å². The minimum Gasteiger partial charge on any atom is -0.495 e. The summed E-state index contributed by atoms with van der Waals surface area (Å²) in [6.45, 7) is 4.00. The largest absolute Gasteiger partial charge is 0.495 e. The maximum absolute atomic E-state index is 5.39. The predicted molar refractivity (Wildman–Crippen MR) is 48.7 cm³/mol. The highest BCUT2D eigenvalue weighted by Gasteiger charge is 1.88. The lowest BCUT2D eigenvalue weighted by Gasteiger charge is -1.97. The summed E-state index contributed by atoms with van der Waals surface area (Å²) in [5.74, 6) is 0.690. The zero-order valence-corrected chi connectivity index (χ0v) is 7.16. The molecule has 0 unspecified atom stereocenters. The van der Waals surface area contributed by atoms with Crippen LogP contribution in [0.15, 0.2) is 18.5 Å². The van der Waals surface area contributed by atoms with Gasteiger partial charge in [0.25, 0.3) is 0 Å². The molecule has 1 rings (SSSR count). The average molecular weight is 156 g/mol. The molecule has 1 aromatic heterocycles. The Hall–Kier alpha value is -1.25. The summed E-state index contributed by atoms with van der Waals surface area (Å²) < 4.78 is 4.85. The van der Waals surface area contributed by atoms with Crippen LogP contribution in [0.3, 0.4) is 0 Å². The number of hydrogen-bond donors (Lipinski definition) is 1. The molecule has 0 aromatic carbocycles. The van der Waals surface area contributed by atoms with Gasteiger partial charge in [0.1, 0.15) is 5.75 Å². The number of aromatic nitrogens is 1. The van der Waals surface area contributed by atoms with Gasteiger partial charge in [-0.25, -0.2) is 0 Å². The Kier molecular flexibility index (Phi) is 4.90. The predicted octanol–water partition coefficient (Wildman–Crippen LogP) is 1.94. The van der Waals surface area contributed by atoms with Gasteiger partial charge in [0.2, 0.25) is 0 Å². The monoisotopic (exact) mass is 156 g/mol. The molecule has 1 heterocycles. The molecule has 0 aliphatic rings. The summed E-state index contributed by atoms with van der Waals surface area (Å²) in [5.41, 5.74) is 6.01. The summed E-state index contributed by atoms with van der Waals surface area (Å²) in [7, 11) is 1.58. The number of hydrogen-bond acceptors (Lipinski definition) is 3. The molecule has 3 nitrogen and oxygen atoms in total. The maximum Gasteiger partial charge on any atom is 0.139 e. The number of nitrogens with two attached hydrogens (primary N) is 1. The van der Waals surface area contributed by atoms with Gasteiger partial charge >= 0.3 is 0 Å². The van der Waals surface area contributed by atoms with Crippen molar-refractivity contribution in [1.29, 1.82) is 0 Å². The third-order valence-electron chi connectivity index (χ3n) is 0.970. The Morgan fingerprint density at radius 3 is 2.45 bits per heavy atom. The summed E-state index contributed by atoms with van der Waals surface area (Å²) in [6, 6.07) is 1.72. The highest BCUT2D eigenvalue weighted by Crippen LogP contribution is 2.10. The zero-order valence-electron chi connectivity index (χ0n) is 7.16. The van der Waals surface area contributed by atoms with Crippen LogP contribution < -0.4 is 10.5 Å². The van der Waals surface area contributed by atoms with E-state index in [2.05, 4.69) is 4.98 Å². The number of rotatable bonds is 1. The van der Waals surface area contributed by atoms with Crippen LogP contribution in [-0.2, 0) is 0 Å². The third kappa shape index (κ3) is 3.45. The standard InChI is InChI=1S/C6H8N2O.C2H6.H2/c1-9-6-2-5(7)3-8-4-6;1-2;/h2-4H,7H2,1H3;1-2H3;1H. The minimum atomic E-state index is 0. The lowest BCUT2D eigenvalue weighted by Crippen LogP contribution is -1.88. The lowest BCUT2D eigenvalue weighted by atomic mass is 10.4. The summed E-state index contributed by atoms with van der Waals surface area (Å²) in [6.07, 6.45) is 3.18. The Morgan fingerprint density at radius 1 is 1.45 bits per heavy atom. The molecule has 0 amide bonds. The first kappa shape index (κ1) is 9.75. The highest BCUT2D eigenvalue weighted by molar-refractivity contribution is 5.39. The zero-order chi connectivity index (χ0) is 8.69. The van der Waals surface area contributed by atoms with Crippen molar-refractivity contribution in [3.8, 4) is 5.75 Å². The molecule has 1 aromatic rings. The number of nitrogens with zero attached hydrogens (tertiary/aromatic N) is 1. The Bertz CT molecular complexity index is 206. The van der Waals surface area contributed by atoms with Gasteiger partial charge in [-0.1, -0.05) is 13.8 Å². The van der Waals surface area contributed by atoms with Gasteiger partial charge in [-0.15, -0.1) is 0 Å². The molecule has 0 saturated carbocycles. The van der Waals surface area contributed by atoms with Crippen molar-refractivity contribution < 1.29 is 6.16 Å². The Balaban J connectivity index is 0. The van der Waals surface area contributed by atoms with E-state index < -0.39 is 0 Å². The van der Waals surface area contributed by atoms with E-state index in [1.807, 2.05) is 13.8 Å². The van der Waals surface area contributed by atoms with Crippen LogP contribution in [0.2, 0.25) is 0 Å². The Labute approximate surface area is 68.7 Å². The van der Waals surface area contributed by atoms with Crippen LogP contribution in [0, 0.1) is 0 Å².